The van der Waals surface area contributed by atoms with E-state index in [1.54, 1.807) is 30.3 Å². The molecule has 8 aromatic carbocycles. The first-order valence-corrected chi connectivity index (χ1v) is 21.1. The van der Waals surface area contributed by atoms with Gasteiger partial charge in [0.2, 0.25) is 0 Å². The maximum atomic E-state index is 12.8. The highest BCUT2D eigenvalue weighted by molar-refractivity contribution is 6.68. The van der Waals surface area contributed by atoms with E-state index in [0.29, 0.717) is 27.9 Å². The number of carbonyl (C=O) groups is 5. The Kier molecular flexibility index (Phi) is 18.1. The first-order valence-electron chi connectivity index (χ1n) is 19.9. The van der Waals surface area contributed by atoms with Crippen LogP contribution in [0.25, 0.3) is 33.4 Å². The maximum Gasteiger partial charge on any atom is 0.337 e. The lowest BCUT2D eigenvalue weighted by molar-refractivity contribution is 0.0686. The van der Waals surface area contributed by atoms with Crippen molar-refractivity contribution in [2.24, 2.45) is 0 Å². The number of carbonyl (C=O) groups excluding carboxylic acids is 2. The average Bonchev–Trinajstić information content (AvgIpc) is 3.33. The van der Waals surface area contributed by atoms with Gasteiger partial charge >= 0.3 is 17.9 Å². The third kappa shape index (κ3) is 13.8. The number of halogens is 3. The van der Waals surface area contributed by atoms with Crippen molar-refractivity contribution in [2.45, 2.75) is 6.42 Å². The highest BCUT2D eigenvalue weighted by Crippen LogP contribution is 2.27. The Labute approximate surface area is 395 Å². The smallest absolute Gasteiger partial charge is 0.337 e. The zero-order valence-corrected chi connectivity index (χ0v) is 37.1. The summed E-state index contributed by atoms with van der Waals surface area (Å²) in [6, 6.07) is 59.6. The number of benzene rings is 8. The lowest BCUT2D eigenvalue weighted by Crippen LogP contribution is -2.06. The van der Waals surface area contributed by atoms with Gasteiger partial charge in [0.15, 0.2) is 5.78 Å². The van der Waals surface area contributed by atoms with Crippen LogP contribution in [0, 0.1) is 0 Å². The normalized spacial score (nSPS) is 10.0. The third-order valence-corrected chi connectivity index (χ3v) is 10.5. The summed E-state index contributed by atoms with van der Waals surface area (Å²) in [5.74, 6) is -3.07. The zero-order chi connectivity index (χ0) is 47.6. The number of carboxylic acids is 3. The van der Waals surface area contributed by atoms with E-state index >= 15 is 0 Å². The molecule has 8 rings (SSSR count). The minimum Gasteiger partial charge on any atom is -0.478 e. The summed E-state index contributed by atoms with van der Waals surface area (Å²) >= 11 is 17.1. The number of hydrogen-bond acceptors (Lipinski definition) is 6. The van der Waals surface area contributed by atoms with E-state index in [1.165, 1.54) is 30.3 Å². The maximum absolute atomic E-state index is 12.8. The largest absolute Gasteiger partial charge is 0.478 e. The number of anilines is 1. The summed E-state index contributed by atoms with van der Waals surface area (Å²) in [6.07, 6.45) is 0.156. The molecule has 5 N–H and O–H groups in total. The second kappa shape index (κ2) is 24.3. The summed E-state index contributed by atoms with van der Waals surface area (Å²) < 4.78 is 0. The van der Waals surface area contributed by atoms with Crippen LogP contribution >= 0.6 is 34.8 Å². The number of ketones is 1. The van der Waals surface area contributed by atoms with Gasteiger partial charge in [-0.15, -0.1) is 0 Å². The number of aromatic carboxylic acids is 3. The van der Waals surface area contributed by atoms with Gasteiger partial charge in [-0.05, 0) is 93.0 Å². The molecule has 0 unspecified atom stereocenters. The number of nitrogen functional groups attached to an aromatic ring is 1. The van der Waals surface area contributed by atoms with Crippen LogP contribution in [0.15, 0.2) is 200 Å². The van der Waals surface area contributed by atoms with Gasteiger partial charge in [0.1, 0.15) is 0 Å². The molecule has 0 atom stereocenters. The fourth-order valence-corrected chi connectivity index (χ4v) is 7.20. The summed E-state index contributed by atoms with van der Waals surface area (Å²) in [5.41, 5.74) is 13.5. The molecular weight excluding hydrogens is 897 g/mol. The fraction of sp³-hybridized carbons (Fsp3) is 0.0185. The van der Waals surface area contributed by atoms with Crippen LogP contribution in [0.5, 0.6) is 0 Å². The fourth-order valence-electron chi connectivity index (χ4n) is 6.49. The van der Waals surface area contributed by atoms with E-state index in [4.69, 9.17) is 55.9 Å². The van der Waals surface area contributed by atoms with Crippen molar-refractivity contribution in [2.75, 3.05) is 5.73 Å². The minimum atomic E-state index is -1.09. The van der Waals surface area contributed by atoms with Crippen molar-refractivity contribution in [1.29, 1.82) is 0 Å². The first kappa shape index (κ1) is 49.2. The average molecular weight is 937 g/mol. The molecule has 9 nitrogen and oxygen atoms in total. The quantitative estimate of drug-likeness (QED) is 0.0591. The molecule has 0 amide bonds. The number of rotatable bonds is 10. The Morgan fingerprint density at radius 3 is 1.15 bits per heavy atom. The van der Waals surface area contributed by atoms with Crippen LogP contribution in [0.4, 0.5) is 5.69 Å². The molecule has 12 heteroatoms. The summed E-state index contributed by atoms with van der Waals surface area (Å²) in [6.45, 7) is 0. The second-order valence-corrected chi connectivity index (χ2v) is 15.2. The van der Waals surface area contributed by atoms with Gasteiger partial charge in [0.25, 0.3) is 5.24 Å². The molecule has 0 aromatic heterocycles. The lowest BCUT2D eigenvalue weighted by atomic mass is 9.94. The van der Waals surface area contributed by atoms with Gasteiger partial charge in [-0.3, -0.25) is 9.59 Å². The third-order valence-electron chi connectivity index (χ3n) is 9.63. The van der Waals surface area contributed by atoms with E-state index in [9.17, 15) is 24.0 Å². The Hall–Kier alpha value is -7.82. The van der Waals surface area contributed by atoms with Gasteiger partial charge in [-0.2, -0.15) is 0 Å². The van der Waals surface area contributed by atoms with E-state index in [2.05, 4.69) is 0 Å². The molecule has 0 saturated heterocycles. The van der Waals surface area contributed by atoms with E-state index in [1.807, 2.05) is 140 Å². The molecular formula is C54H40Cl3NO8. The van der Waals surface area contributed by atoms with Crippen molar-refractivity contribution < 1.29 is 39.3 Å². The molecule has 8 aromatic rings. The minimum absolute atomic E-state index is 0.0301. The topological polar surface area (TPSA) is 172 Å². The second-order valence-electron chi connectivity index (χ2n) is 14.1. The van der Waals surface area contributed by atoms with E-state index in [0.717, 1.165) is 33.4 Å². The molecule has 0 aliphatic carbocycles. The van der Waals surface area contributed by atoms with Crippen LogP contribution in [-0.4, -0.2) is 44.3 Å². The summed E-state index contributed by atoms with van der Waals surface area (Å²) in [4.78, 5) is 56.4. The first-order chi connectivity index (χ1) is 31.7. The van der Waals surface area contributed by atoms with E-state index in [-0.39, 0.29) is 33.4 Å². The lowest BCUT2D eigenvalue weighted by Gasteiger charge is -2.09. The molecule has 0 bridgehead atoms. The summed E-state index contributed by atoms with van der Waals surface area (Å²) in [7, 11) is 0. The van der Waals surface area contributed by atoms with Crippen molar-refractivity contribution in [3.63, 3.8) is 0 Å². The predicted octanol–water partition coefficient (Wildman–Crippen LogP) is 13.5. The number of Topliss-reactive ketones (excluding diaryl/α,β-unsaturated/α-hetero) is 1. The van der Waals surface area contributed by atoms with Crippen molar-refractivity contribution in [1.82, 2.24) is 0 Å². The summed E-state index contributed by atoms with van der Waals surface area (Å²) in [5, 5.41) is 26.5. The van der Waals surface area contributed by atoms with Crippen LogP contribution < -0.4 is 5.73 Å². The van der Waals surface area contributed by atoms with Gasteiger partial charge < -0.3 is 21.1 Å². The molecule has 0 fully saturated rings. The Morgan fingerprint density at radius 1 is 0.394 bits per heavy atom. The Morgan fingerprint density at radius 2 is 0.742 bits per heavy atom. The number of nitrogens with two attached hydrogens (primary N) is 1. The van der Waals surface area contributed by atoms with Gasteiger partial charge in [-0.1, -0.05) is 181 Å². The van der Waals surface area contributed by atoms with Gasteiger partial charge in [-0.25, -0.2) is 14.4 Å². The molecule has 330 valence electrons. The SMILES string of the molecule is Nc1ccc(C(=O)O)c(Cl)c1.O=C(Cl)c1ccccc1-c1ccccc1.O=C(O)c1ccc(CC(=O)c2ccccc2-c2ccccc2)cc1Cl.O=C(O)c1ccccc1-c1ccccc1. The number of hydrogen-bond donors (Lipinski definition) is 4. The molecule has 0 aliphatic heterocycles. The number of carboxylic acid groups (broad SMARTS) is 3. The van der Waals surface area contributed by atoms with Crippen LogP contribution in [0.2, 0.25) is 10.0 Å². The van der Waals surface area contributed by atoms with Gasteiger partial charge in [0, 0.05) is 23.2 Å². The van der Waals surface area contributed by atoms with Crippen LogP contribution in [0.3, 0.4) is 0 Å². The highest BCUT2D eigenvalue weighted by Gasteiger charge is 2.16. The zero-order valence-electron chi connectivity index (χ0n) is 34.9. The molecule has 0 spiro atoms. The monoisotopic (exact) mass is 935 g/mol. The molecule has 0 radical (unpaired) electrons. The molecule has 66 heavy (non-hydrogen) atoms. The predicted molar refractivity (Wildman–Crippen MR) is 262 cm³/mol. The van der Waals surface area contributed by atoms with Crippen molar-refractivity contribution >= 4 is 69.4 Å². The van der Waals surface area contributed by atoms with Gasteiger partial charge in [0.05, 0.1) is 26.7 Å². The highest BCUT2D eigenvalue weighted by atomic mass is 35.5. The van der Waals surface area contributed by atoms with E-state index < -0.39 is 23.2 Å². The molecule has 0 heterocycles. The van der Waals surface area contributed by atoms with Crippen molar-refractivity contribution in [3.8, 4) is 33.4 Å². The van der Waals surface area contributed by atoms with Crippen molar-refractivity contribution in [3.05, 3.63) is 244 Å². The Balaban J connectivity index is 0.000000173. The molecule has 0 aliphatic rings. The Bertz CT molecular complexity index is 2870. The van der Waals surface area contributed by atoms with Crippen LogP contribution in [0.1, 0.15) is 57.4 Å². The standard InChI is InChI=1S/C21H15ClO3.C13H9ClO.C13H10O2.C7H6ClNO2/c22-19-12-14(10-11-18(19)21(24)25)13-20(23)17-9-5-4-8-16(17)15-6-2-1-3-7-15;2*14-13(15)12-9-5-4-8-11(12)10-6-2-1-3-7-10;8-6-3-4(9)1-2-5(6)7(10)11/h1-12H,13H2,(H,24,25);1-9H;1-9H,(H,14,15);1-3H,9H2,(H,10,11). The molecule has 0 saturated carbocycles. The van der Waals surface area contributed by atoms with Crippen LogP contribution in [-0.2, 0) is 6.42 Å².